The molecule has 0 aliphatic rings. The van der Waals surface area contributed by atoms with Crippen LogP contribution in [-0.2, 0) is 17.8 Å². The van der Waals surface area contributed by atoms with E-state index in [-0.39, 0.29) is 0 Å². The molecule has 0 aliphatic carbocycles. The van der Waals surface area contributed by atoms with Crippen LogP contribution in [0.25, 0.3) is 0 Å². The molecule has 0 bridgehead atoms. The third-order valence-electron chi connectivity index (χ3n) is 2.23. The molecule has 0 spiro atoms. The summed E-state index contributed by atoms with van der Waals surface area (Å²) in [6.45, 7) is 0.896. The molecule has 4 nitrogen and oxygen atoms in total. The Morgan fingerprint density at radius 2 is 2.17 bits per heavy atom. The predicted octanol–water partition coefficient (Wildman–Crippen LogP) is 2.60. The molecule has 0 radical (unpaired) electrons. The molecular weight excluding hydrogens is 248 g/mol. The summed E-state index contributed by atoms with van der Waals surface area (Å²) >= 11 is 1.55. The highest BCUT2D eigenvalue weighted by Gasteiger charge is 2.02. The van der Waals surface area contributed by atoms with E-state index in [9.17, 15) is 4.79 Å². The monoisotopic (exact) mass is 260 g/mol. The van der Waals surface area contributed by atoms with Crippen LogP contribution in [0.2, 0.25) is 0 Å². The first-order valence-electron chi connectivity index (χ1n) is 5.53. The number of aliphatic imine (C=N–C) groups is 1. The van der Waals surface area contributed by atoms with Gasteiger partial charge in [-0.25, -0.2) is 9.78 Å². The minimum atomic E-state index is 0.305. The lowest BCUT2D eigenvalue weighted by Gasteiger charge is -2.03. The maximum atomic E-state index is 9.98. The fourth-order valence-corrected chi connectivity index (χ4v) is 2.19. The van der Waals surface area contributed by atoms with Crippen LogP contribution in [0.1, 0.15) is 10.7 Å². The van der Waals surface area contributed by atoms with E-state index in [1.54, 1.807) is 11.3 Å². The molecule has 0 aliphatic heterocycles. The summed E-state index contributed by atoms with van der Waals surface area (Å²) in [5.41, 5.74) is 0.804. The second-order valence-corrected chi connectivity index (χ2v) is 4.49. The minimum absolute atomic E-state index is 0.305. The summed E-state index contributed by atoms with van der Waals surface area (Å²) in [7, 11) is 0. The Hall–Kier alpha value is -1.97. The van der Waals surface area contributed by atoms with Gasteiger partial charge in [0.05, 0.1) is 23.9 Å². The zero-order valence-corrected chi connectivity index (χ0v) is 10.5. The van der Waals surface area contributed by atoms with Crippen molar-refractivity contribution in [2.24, 2.45) is 4.99 Å². The van der Waals surface area contributed by atoms with Gasteiger partial charge in [-0.3, -0.25) is 0 Å². The van der Waals surface area contributed by atoms with Gasteiger partial charge in [0.2, 0.25) is 6.08 Å². The Balaban J connectivity index is 1.80. The van der Waals surface area contributed by atoms with Gasteiger partial charge in [-0.1, -0.05) is 18.2 Å². The highest BCUT2D eigenvalue weighted by Crippen LogP contribution is 2.13. The molecule has 0 atom stereocenters. The molecule has 2 rings (SSSR count). The van der Waals surface area contributed by atoms with E-state index in [0.717, 1.165) is 22.9 Å². The second kappa shape index (κ2) is 6.69. The fraction of sp³-hybridized carbons (Fsp3) is 0.231. The maximum Gasteiger partial charge on any atom is 0.235 e. The van der Waals surface area contributed by atoms with Crippen LogP contribution in [-0.4, -0.2) is 17.7 Å². The van der Waals surface area contributed by atoms with E-state index in [1.165, 1.54) is 6.08 Å². The molecule has 5 heteroatoms. The number of hydrogen-bond donors (Lipinski definition) is 0. The molecule has 0 fully saturated rings. The Morgan fingerprint density at radius 1 is 1.33 bits per heavy atom. The molecule has 0 saturated heterocycles. The van der Waals surface area contributed by atoms with Gasteiger partial charge in [-0.2, -0.15) is 4.99 Å². The summed E-state index contributed by atoms with van der Waals surface area (Å²) in [5.74, 6) is 0.861. The summed E-state index contributed by atoms with van der Waals surface area (Å²) in [4.78, 5) is 17.8. The number of isocyanates is 1. The smallest absolute Gasteiger partial charge is 0.235 e. The minimum Gasteiger partial charge on any atom is -0.493 e. The van der Waals surface area contributed by atoms with E-state index >= 15 is 0 Å². The largest absolute Gasteiger partial charge is 0.493 e. The number of rotatable bonds is 6. The summed E-state index contributed by atoms with van der Waals surface area (Å²) in [5, 5.41) is 2.89. The molecule has 18 heavy (non-hydrogen) atoms. The van der Waals surface area contributed by atoms with Crippen LogP contribution in [0.3, 0.4) is 0 Å². The van der Waals surface area contributed by atoms with E-state index in [0.29, 0.717) is 13.2 Å². The maximum absolute atomic E-state index is 9.98. The van der Waals surface area contributed by atoms with E-state index < -0.39 is 0 Å². The lowest BCUT2D eigenvalue weighted by molar-refractivity contribution is 0.321. The first-order chi connectivity index (χ1) is 8.88. The van der Waals surface area contributed by atoms with Crippen molar-refractivity contribution in [3.8, 4) is 5.75 Å². The van der Waals surface area contributed by atoms with Crippen molar-refractivity contribution < 1.29 is 9.53 Å². The second-order valence-electron chi connectivity index (χ2n) is 3.55. The number of para-hydroxylation sites is 1. The SMILES string of the molecule is O=C=NCc1csc(CCOc2ccccc2)n1. The van der Waals surface area contributed by atoms with E-state index in [2.05, 4.69) is 9.98 Å². The van der Waals surface area contributed by atoms with Crippen molar-refractivity contribution in [2.45, 2.75) is 13.0 Å². The van der Waals surface area contributed by atoms with Crippen LogP contribution in [0.4, 0.5) is 0 Å². The van der Waals surface area contributed by atoms with Crippen molar-refractivity contribution in [1.29, 1.82) is 0 Å². The standard InChI is InChI=1S/C13H12N2O2S/c16-10-14-8-11-9-18-13(15-11)6-7-17-12-4-2-1-3-5-12/h1-5,9H,6-8H2. The van der Waals surface area contributed by atoms with Crippen molar-refractivity contribution in [3.05, 3.63) is 46.4 Å². The van der Waals surface area contributed by atoms with Gasteiger partial charge in [0.25, 0.3) is 0 Å². The quantitative estimate of drug-likeness (QED) is 0.592. The molecule has 92 valence electrons. The predicted molar refractivity (Wildman–Crippen MR) is 69.6 cm³/mol. The molecule has 0 unspecified atom stereocenters. The van der Waals surface area contributed by atoms with Crippen LogP contribution in [0.15, 0.2) is 40.7 Å². The van der Waals surface area contributed by atoms with Crippen molar-refractivity contribution in [3.63, 3.8) is 0 Å². The zero-order chi connectivity index (χ0) is 12.6. The van der Waals surface area contributed by atoms with Crippen molar-refractivity contribution in [2.75, 3.05) is 6.61 Å². The number of aromatic nitrogens is 1. The third-order valence-corrected chi connectivity index (χ3v) is 3.19. The number of ether oxygens (including phenoxy) is 1. The molecule has 0 saturated carbocycles. The molecule has 1 aromatic heterocycles. The van der Waals surface area contributed by atoms with E-state index in [1.807, 2.05) is 35.7 Å². The molecule has 1 heterocycles. The molecule has 0 amide bonds. The van der Waals surface area contributed by atoms with E-state index in [4.69, 9.17) is 4.74 Å². The van der Waals surface area contributed by atoms with Gasteiger partial charge in [0.1, 0.15) is 5.75 Å². The Bertz CT molecular complexity index is 533. The average Bonchev–Trinajstić information content (AvgIpc) is 2.85. The van der Waals surface area contributed by atoms with Crippen molar-refractivity contribution in [1.82, 2.24) is 4.98 Å². The number of thiazole rings is 1. The molecule has 0 N–H and O–H groups in total. The number of hydrogen-bond acceptors (Lipinski definition) is 5. The number of carbonyl (C=O) groups excluding carboxylic acids is 1. The van der Waals surface area contributed by atoms with Crippen LogP contribution < -0.4 is 4.74 Å². The fourth-order valence-electron chi connectivity index (χ4n) is 1.42. The zero-order valence-electron chi connectivity index (χ0n) is 9.70. The van der Waals surface area contributed by atoms with Gasteiger partial charge >= 0.3 is 0 Å². The first kappa shape index (κ1) is 12.5. The summed E-state index contributed by atoms with van der Waals surface area (Å²) in [6.07, 6.45) is 2.26. The Kier molecular flexibility index (Phi) is 4.64. The van der Waals surface area contributed by atoms with Crippen molar-refractivity contribution >= 4 is 17.4 Å². The van der Waals surface area contributed by atoms with Crippen LogP contribution >= 0.6 is 11.3 Å². The van der Waals surface area contributed by atoms with Crippen LogP contribution in [0.5, 0.6) is 5.75 Å². The highest BCUT2D eigenvalue weighted by atomic mass is 32.1. The van der Waals surface area contributed by atoms with Gasteiger partial charge in [-0.15, -0.1) is 11.3 Å². The Morgan fingerprint density at radius 3 is 2.94 bits per heavy atom. The molecule has 1 aromatic carbocycles. The topological polar surface area (TPSA) is 51.5 Å². The third kappa shape index (κ3) is 3.80. The molecule has 2 aromatic rings. The van der Waals surface area contributed by atoms with Gasteiger partial charge in [0.15, 0.2) is 0 Å². The number of benzene rings is 1. The van der Waals surface area contributed by atoms with Gasteiger partial charge < -0.3 is 4.74 Å². The Labute approximate surface area is 109 Å². The average molecular weight is 260 g/mol. The van der Waals surface area contributed by atoms with Gasteiger partial charge in [0, 0.05) is 11.8 Å². The lowest BCUT2D eigenvalue weighted by atomic mass is 10.3. The number of nitrogens with zero attached hydrogens (tertiary/aromatic N) is 2. The van der Waals surface area contributed by atoms with Gasteiger partial charge in [-0.05, 0) is 12.1 Å². The molecular formula is C13H12N2O2S. The van der Waals surface area contributed by atoms with Crippen LogP contribution in [0, 0.1) is 0 Å². The summed E-state index contributed by atoms with van der Waals surface area (Å²) < 4.78 is 5.58. The normalized spacial score (nSPS) is 9.78. The lowest BCUT2D eigenvalue weighted by Crippen LogP contribution is -2.01. The first-order valence-corrected chi connectivity index (χ1v) is 6.41. The summed E-state index contributed by atoms with van der Waals surface area (Å²) in [6, 6.07) is 9.67. The highest BCUT2D eigenvalue weighted by molar-refractivity contribution is 7.09.